The van der Waals surface area contributed by atoms with Gasteiger partial charge in [-0.3, -0.25) is 4.79 Å². The molecule has 2 saturated carbocycles. The topological polar surface area (TPSA) is 48.0 Å². The highest BCUT2D eigenvalue weighted by atomic mass is 16.5. The second-order valence-electron chi connectivity index (χ2n) is 7.07. The summed E-state index contributed by atoms with van der Waals surface area (Å²) in [6.45, 7) is 0.608. The molecular formula is C20H29NO4. The third kappa shape index (κ3) is 4.02. The standard InChI is InChI=1S/C20H29NO4/c1-23-17-11-14(12-18(24-2)19(17)25-3)13-21(16-9-10-16)20(22)15-7-5-4-6-8-15/h11-12,15-16H,4-10,13H2,1-3H3. The third-order valence-electron chi connectivity index (χ3n) is 5.30. The first-order valence-electron chi connectivity index (χ1n) is 9.27. The quantitative estimate of drug-likeness (QED) is 0.753. The average Bonchev–Trinajstić information content (AvgIpc) is 3.50. The van der Waals surface area contributed by atoms with Crippen molar-refractivity contribution in [1.29, 1.82) is 0 Å². The molecule has 0 N–H and O–H groups in total. The van der Waals surface area contributed by atoms with Gasteiger partial charge in [-0.1, -0.05) is 19.3 Å². The van der Waals surface area contributed by atoms with E-state index in [-0.39, 0.29) is 5.92 Å². The molecule has 0 atom stereocenters. The lowest BCUT2D eigenvalue weighted by atomic mass is 9.88. The van der Waals surface area contributed by atoms with Crippen LogP contribution < -0.4 is 14.2 Å². The zero-order valence-corrected chi connectivity index (χ0v) is 15.5. The van der Waals surface area contributed by atoms with Crippen molar-refractivity contribution in [1.82, 2.24) is 4.90 Å². The summed E-state index contributed by atoms with van der Waals surface area (Å²) in [5.74, 6) is 2.40. The number of benzene rings is 1. The van der Waals surface area contributed by atoms with E-state index in [4.69, 9.17) is 14.2 Å². The molecule has 2 aliphatic carbocycles. The number of methoxy groups -OCH3 is 3. The van der Waals surface area contributed by atoms with Gasteiger partial charge in [0.2, 0.25) is 11.7 Å². The maximum Gasteiger partial charge on any atom is 0.226 e. The normalized spacial score (nSPS) is 17.9. The Morgan fingerprint density at radius 1 is 0.960 bits per heavy atom. The molecule has 1 amide bonds. The predicted octanol–water partition coefficient (Wildman–Crippen LogP) is 3.78. The number of amides is 1. The summed E-state index contributed by atoms with van der Waals surface area (Å²) in [4.78, 5) is 15.1. The maximum absolute atomic E-state index is 13.1. The van der Waals surface area contributed by atoms with Crippen LogP contribution in [0.2, 0.25) is 0 Å². The van der Waals surface area contributed by atoms with Gasteiger partial charge in [-0.2, -0.15) is 0 Å². The minimum atomic E-state index is 0.205. The molecule has 0 aliphatic heterocycles. The SMILES string of the molecule is COc1cc(CN(C(=O)C2CCCCC2)C2CC2)cc(OC)c1OC. The summed E-state index contributed by atoms with van der Waals surface area (Å²) in [6, 6.07) is 4.30. The van der Waals surface area contributed by atoms with Crippen molar-refractivity contribution in [2.24, 2.45) is 5.92 Å². The number of nitrogens with zero attached hydrogens (tertiary/aromatic N) is 1. The van der Waals surface area contributed by atoms with Gasteiger partial charge in [0.05, 0.1) is 21.3 Å². The Morgan fingerprint density at radius 2 is 1.56 bits per heavy atom. The van der Waals surface area contributed by atoms with Gasteiger partial charge in [0.25, 0.3) is 0 Å². The highest BCUT2D eigenvalue weighted by Gasteiger charge is 2.36. The van der Waals surface area contributed by atoms with Crippen molar-refractivity contribution < 1.29 is 19.0 Å². The number of hydrogen-bond acceptors (Lipinski definition) is 4. The van der Waals surface area contributed by atoms with Crippen LogP contribution >= 0.6 is 0 Å². The van der Waals surface area contributed by atoms with Gasteiger partial charge in [-0.05, 0) is 43.4 Å². The van der Waals surface area contributed by atoms with Crippen LogP contribution in [0.4, 0.5) is 0 Å². The van der Waals surface area contributed by atoms with Crippen molar-refractivity contribution >= 4 is 5.91 Å². The van der Waals surface area contributed by atoms with Crippen molar-refractivity contribution in [2.45, 2.75) is 57.5 Å². The molecule has 0 radical (unpaired) electrons. The van der Waals surface area contributed by atoms with E-state index in [9.17, 15) is 4.79 Å². The first kappa shape index (κ1) is 17.9. The Bertz CT molecular complexity index is 581. The van der Waals surface area contributed by atoms with E-state index in [1.165, 1.54) is 19.3 Å². The molecule has 0 unspecified atom stereocenters. The number of ether oxygens (including phenoxy) is 3. The van der Waals surface area contributed by atoms with Crippen LogP contribution in [0.25, 0.3) is 0 Å². The lowest BCUT2D eigenvalue weighted by molar-refractivity contribution is -0.137. The van der Waals surface area contributed by atoms with E-state index in [0.29, 0.717) is 35.7 Å². The summed E-state index contributed by atoms with van der Waals surface area (Å²) in [5.41, 5.74) is 1.02. The molecule has 3 rings (SSSR count). The maximum atomic E-state index is 13.1. The van der Waals surface area contributed by atoms with E-state index in [1.54, 1.807) is 21.3 Å². The second kappa shape index (κ2) is 7.98. The summed E-state index contributed by atoms with van der Waals surface area (Å²) >= 11 is 0. The first-order chi connectivity index (χ1) is 12.2. The van der Waals surface area contributed by atoms with Crippen molar-refractivity contribution in [3.05, 3.63) is 17.7 Å². The smallest absolute Gasteiger partial charge is 0.226 e. The van der Waals surface area contributed by atoms with Crippen molar-refractivity contribution in [3.8, 4) is 17.2 Å². The average molecular weight is 347 g/mol. The summed E-state index contributed by atoms with van der Waals surface area (Å²) < 4.78 is 16.3. The van der Waals surface area contributed by atoms with Crippen LogP contribution in [0.1, 0.15) is 50.5 Å². The molecule has 1 aromatic rings. The third-order valence-corrected chi connectivity index (χ3v) is 5.30. The minimum Gasteiger partial charge on any atom is -0.493 e. The van der Waals surface area contributed by atoms with Crippen LogP contribution in [-0.4, -0.2) is 38.2 Å². The van der Waals surface area contributed by atoms with Gasteiger partial charge >= 0.3 is 0 Å². The molecule has 0 aromatic heterocycles. The monoisotopic (exact) mass is 347 g/mol. The van der Waals surface area contributed by atoms with Gasteiger partial charge in [0.15, 0.2) is 11.5 Å². The Morgan fingerprint density at radius 3 is 2.04 bits per heavy atom. The fourth-order valence-corrected chi connectivity index (χ4v) is 3.78. The molecular weight excluding hydrogens is 318 g/mol. The molecule has 138 valence electrons. The highest BCUT2D eigenvalue weighted by Crippen LogP contribution is 2.40. The van der Waals surface area contributed by atoms with Crippen LogP contribution in [-0.2, 0) is 11.3 Å². The zero-order chi connectivity index (χ0) is 17.8. The van der Waals surface area contributed by atoms with E-state index in [1.807, 2.05) is 12.1 Å². The molecule has 0 heterocycles. The van der Waals surface area contributed by atoms with Gasteiger partial charge < -0.3 is 19.1 Å². The molecule has 2 fully saturated rings. The fourth-order valence-electron chi connectivity index (χ4n) is 3.78. The van der Waals surface area contributed by atoms with Gasteiger partial charge in [-0.15, -0.1) is 0 Å². The van der Waals surface area contributed by atoms with E-state index >= 15 is 0 Å². The van der Waals surface area contributed by atoms with Gasteiger partial charge in [-0.25, -0.2) is 0 Å². The lowest BCUT2D eigenvalue weighted by Crippen LogP contribution is -2.38. The molecule has 5 heteroatoms. The largest absolute Gasteiger partial charge is 0.493 e. The van der Waals surface area contributed by atoms with Crippen LogP contribution in [0.15, 0.2) is 12.1 Å². The Kier molecular flexibility index (Phi) is 5.71. The second-order valence-corrected chi connectivity index (χ2v) is 7.07. The predicted molar refractivity (Wildman–Crippen MR) is 96.2 cm³/mol. The highest BCUT2D eigenvalue weighted by molar-refractivity contribution is 5.79. The molecule has 1 aromatic carbocycles. The Balaban J connectivity index is 1.81. The molecule has 0 saturated heterocycles. The van der Waals surface area contributed by atoms with E-state index < -0.39 is 0 Å². The summed E-state index contributed by atoms with van der Waals surface area (Å²) in [6.07, 6.45) is 7.93. The summed E-state index contributed by atoms with van der Waals surface area (Å²) in [7, 11) is 4.84. The lowest BCUT2D eigenvalue weighted by Gasteiger charge is -2.30. The number of carbonyl (C=O) groups excluding carboxylic acids is 1. The number of hydrogen-bond donors (Lipinski definition) is 0. The van der Waals surface area contributed by atoms with E-state index in [2.05, 4.69) is 4.90 Å². The van der Waals surface area contributed by atoms with Crippen LogP contribution in [0.5, 0.6) is 17.2 Å². The Hall–Kier alpha value is -1.91. The van der Waals surface area contributed by atoms with Gasteiger partial charge in [0.1, 0.15) is 0 Å². The first-order valence-corrected chi connectivity index (χ1v) is 9.27. The molecule has 2 aliphatic rings. The van der Waals surface area contributed by atoms with Crippen LogP contribution in [0, 0.1) is 5.92 Å². The van der Waals surface area contributed by atoms with E-state index in [0.717, 1.165) is 31.2 Å². The zero-order valence-electron chi connectivity index (χ0n) is 15.5. The number of carbonyl (C=O) groups is 1. The van der Waals surface area contributed by atoms with Crippen molar-refractivity contribution in [3.63, 3.8) is 0 Å². The summed E-state index contributed by atoms with van der Waals surface area (Å²) in [5, 5.41) is 0. The fraction of sp³-hybridized carbons (Fsp3) is 0.650. The van der Waals surface area contributed by atoms with Crippen molar-refractivity contribution in [2.75, 3.05) is 21.3 Å². The van der Waals surface area contributed by atoms with Gasteiger partial charge in [0, 0.05) is 18.5 Å². The Labute approximate surface area is 150 Å². The molecule has 5 nitrogen and oxygen atoms in total. The molecule has 0 spiro atoms. The molecule has 0 bridgehead atoms. The molecule has 25 heavy (non-hydrogen) atoms. The van der Waals surface area contributed by atoms with Crippen LogP contribution in [0.3, 0.4) is 0 Å². The minimum absolute atomic E-state index is 0.205. The number of rotatable bonds is 7.